The smallest absolute Gasteiger partial charge is 0.340 e. The number of halogens is 1. The molecule has 0 aliphatic heterocycles. The highest BCUT2D eigenvalue weighted by Crippen LogP contribution is 2.23. The van der Waals surface area contributed by atoms with E-state index in [9.17, 15) is 18.8 Å². The SMILES string of the molecule is Cn1c(C(=O)NCc2ccccc2F)cc2ccc(-c3cnn(COC(=O)c4ccccc4C(=O)OC(C)(C)C)c3)nc21. The predicted molar refractivity (Wildman–Crippen MR) is 157 cm³/mol. The number of amides is 1. The summed E-state index contributed by atoms with van der Waals surface area (Å²) < 4.78 is 27.9. The van der Waals surface area contributed by atoms with Gasteiger partial charge in [0.05, 0.1) is 23.0 Å². The van der Waals surface area contributed by atoms with Crippen LogP contribution >= 0.6 is 0 Å². The van der Waals surface area contributed by atoms with Crippen molar-refractivity contribution < 1.29 is 28.2 Å². The maximum atomic E-state index is 13.9. The number of nitrogens with zero attached hydrogens (tertiary/aromatic N) is 4. The third-order valence-electron chi connectivity index (χ3n) is 6.53. The van der Waals surface area contributed by atoms with Crippen LogP contribution in [-0.4, -0.2) is 42.8 Å². The summed E-state index contributed by atoms with van der Waals surface area (Å²) in [4.78, 5) is 43.0. The fourth-order valence-electron chi connectivity index (χ4n) is 4.43. The minimum atomic E-state index is -0.715. The van der Waals surface area contributed by atoms with Gasteiger partial charge in [-0.2, -0.15) is 5.10 Å². The minimum absolute atomic E-state index is 0.0576. The van der Waals surface area contributed by atoms with Gasteiger partial charge in [0.25, 0.3) is 5.91 Å². The number of hydrogen-bond donors (Lipinski definition) is 1. The summed E-state index contributed by atoms with van der Waals surface area (Å²) in [7, 11) is 1.73. The van der Waals surface area contributed by atoms with E-state index < -0.39 is 17.5 Å². The van der Waals surface area contributed by atoms with Crippen LogP contribution in [0.15, 0.2) is 79.1 Å². The summed E-state index contributed by atoms with van der Waals surface area (Å²) in [5.74, 6) is -2.04. The normalized spacial score (nSPS) is 11.4. The number of benzene rings is 2. The molecule has 0 saturated carbocycles. The highest BCUT2D eigenvalue weighted by molar-refractivity contribution is 6.03. The van der Waals surface area contributed by atoms with Crippen LogP contribution in [0.4, 0.5) is 4.39 Å². The van der Waals surface area contributed by atoms with E-state index in [2.05, 4.69) is 10.4 Å². The third kappa shape index (κ3) is 6.61. The highest BCUT2D eigenvalue weighted by Gasteiger charge is 2.23. The van der Waals surface area contributed by atoms with E-state index in [0.717, 1.165) is 5.39 Å². The minimum Gasteiger partial charge on any atom is -0.456 e. The average molecular weight is 584 g/mol. The van der Waals surface area contributed by atoms with Gasteiger partial charge in [0.1, 0.15) is 22.8 Å². The number of esters is 2. The number of fused-ring (bicyclic) bond motifs is 1. The molecule has 10 nitrogen and oxygen atoms in total. The molecule has 1 amide bonds. The van der Waals surface area contributed by atoms with Crippen molar-refractivity contribution in [1.82, 2.24) is 24.6 Å². The molecule has 5 aromatic rings. The van der Waals surface area contributed by atoms with Crippen LogP contribution in [-0.2, 0) is 29.8 Å². The molecule has 2 aromatic carbocycles. The first-order chi connectivity index (χ1) is 20.5. The van der Waals surface area contributed by atoms with E-state index >= 15 is 0 Å². The second-order valence-electron chi connectivity index (χ2n) is 10.8. The van der Waals surface area contributed by atoms with Crippen molar-refractivity contribution in [2.75, 3.05) is 0 Å². The van der Waals surface area contributed by atoms with Crippen LogP contribution in [0, 0.1) is 5.82 Å². The first-order valence-electron chi connectivity index (χ1n) is 13.5. The molecule has 0 aliphatic rings. The largest absolute Gasteiger partial charge is 0.456 e. The van der Waals surface area contributed by atoms with Crippen molar-refractivity contribution in [3.8, 4) is 11.3 Å². The highest BCUT2D eigenvalue weighted by atomic mass is 19.1. The molecule has 5 rings (SSSR count). The Morgan fingerprint density at radius 3 is 2.37 bits per heavy atom. The number of rotatable bonds is 8. The summed E-state index contributed by atoms with van der Waals surface area (Å²) in [5, 5.41) is 7.78. The molecule has 3 aromatic heterocycles. The monoisotopic (exact) mass is 583 g/mol. The van der Waals surface area contributed by atoms with E-state index in [0.29, 0.717) is 28.2 Å². The van der Waals surface area contributed by atoms with E-state index in [1.807, 2.05) is 6.07 Å². The molecule has 0 unspecified atom stereocenters. The molecule has 1 N–H and O–H groups in total. The first kappa shape index (κ1) is 29.2. The van der Waals surface area contributed by atoms with E-state index in [-0.39, 0.29) is 36.1 Å². The number of hydrogen-bond acceptors (Lipinski definition) is 7. The van der Waals surface area contributed by atoms with Gasteiger partial charge in [-0.05, 0) is 57.2 Å². The van der Waals surface area contributed by atoms with E-state index in [1.165, 1.54) is 22.9 Å². The molecule has 0 bridgehead atoms. The Labute approximate surface area is 247 Å². The Morgan fingerprint density at radius 1 is 0.953 bits per heavy atom. The number of carbonyl (C=O) groups is 3. The van der Waals surface area contributed by atoms with Gasteiger partial charge in [-0.3, -0.25) is 4.79 Å². The summed E-state index contributed by atoms with van der Waals surface area (Å²) in [5.41, 5.74) is 2.10. The predicted octanol–water partition coefficient (Wildman–Crippen LogP) is 5.28. The fraction of sp³-hybridized carbons (Fsp3) is 0.219. The van der Waals surface area contributed by atoms with Crippen LogP contribution in [0.25, 0.3) is 22.3 Å². The number of carbonyl (C=O) groups excluding carboxylic acids is 3. The van der Waals surface area contributed by atoms with Crippen LogP contribution in [0.3, 0.4) is 0 Å². The lowest BCUT2D eigenvalue weighted by atomic mass is 10.1. The number of ether oxygens (including phenoxy) is 2. The molecule has 43 heavy (non-hydrogen) atoms. The lowest BCUT2D eigenvalue weighted by molar-refractivity contribution is 0.00612. The van der Waals surface area contributed by atoms with Crippen molar-refractivity contribution in [2.45, 2.75) is 39.6 Å². The zero-order valence-corrected chi connectivity index (χ0v) is 24.1. The van der Waals surface area contributed by atoms with Crippen molar-refractivity contribution in [3.05, 3.63) is 107 Å². The summed E-state index contributed by atoms with van der Waals surface area (Å²) in [6.07, 6.45) is 3.26. The Morgan fingerprint density at radius 2 is 1.65 bits per heavy atom. The molecular formula is C32H30FN5O5. The molecule has 0 fully saturated rings. The van der Waals surface area contributed by atoms with Gasteiger partial charge in [-0.25, -0.2) is 23.6 Å². The summed E-state index contributed by atoms with van der Waals surface area (Å²) >= 11 is 0. The number of aromatic nitrogens is 4. The van der Waals surface area contributed by atoms with Gasteiger partial charge in [0.2, 0.25) is 0 Å². The second kappa shape index (κ2) is 11.9. The molecule has 11 heteroatoms. The van der Waals surface area contributed by atoms with Gasteiger partial charge in [0, 0.05) is 36.3 Å². The van der Waals surface area contributed by atoms with Crippen molar-refractivity contribution in [2.24, 2.45) is 7.05 Å². The Kier molecular flexibility index (Phi) is 8.07. The van der Waals surface area contributed by atoms with E-state index in [1.54, 1.807) is 87.2 Å². The van der Waals surface area contributed by atoms with Gasteiger partial charge in [-0.1, -0.05) is 30.3 Å². The molecule has 0 radical (unpaired) electrons. The molecule has 220 valence electrons. The van der Waals surface area contributed by atoms with Crippen LogP contribution in [0.5, 0.6) is 0 Å². The summed E-state index contributed by atoms with van der Waals surface area (Å²) in [6.45, 7) is 5.11. The Balaban J connectivity index is 1.27. The lowest BCUT2D eigenvalue weighted by Crippen LogP contribution is -2.25. The van der Waals surface area contributed by atoms with Gasteiger partial charge in [-0.15, -0.1) is 0 Å². The molecule has 0 aliphatic carbocycles. The fourth-order valence-corrected chi connectivity index (χ4v) is 4.43. The van der Waals surface area contributed by atoms with Gasteiger partial charge >= 0.3 is 11.9 Å². The average Bonchev–Trinajstić information content (AvgIpc) is 3.59. The first-order valence-corrected chi connectivity index (χ1v) is 13.5. The Bertz CT molecular complexity index is 1840. The van der Waals surface area contributed by atoms with Crippen molar-refractivity contribution in [3.63, 3.8) is 0 Å². The zero-order chi connectivity index (χ0) is 30.7. The molecule has 0 spiro atoms. The maximum Gasteiger partial charge on any atom is 0.340 e. The van der Waals surface area contributed by atoms with Crippen molar-refractivity contribution in [1.29, 1.82) is 0 Å². The number of aryl methyl sites for hydroxylation is 1. The second-order valence-corrected chi connectivity index (χ2v) is 10.8. The van der Waals surface area contributed by atoms with Crippen molar-refractivity contribution >= 4 is 28.9 Å². The maximum absolute atomic E-state index is 13.9. The van der Waals surface area contributed by atoms with Crippen LogP contribution in [0.1, 0.15) is 57.5 Å². The molecule has 0 atom stereocenters. The van der Waals surface area contributed by atoms with Gasteiger partial charge in [0.15, 0.2) is 6.73 Å². The molecule has 3 heterocycles. The number of nitrogens with one attached hydrogen (secondary N) is 1. The molecule has 0 saturated heterocycles. The van der Waals surface area contributed by atoms with Crippen LogP contribution in [0.2, 0.25) is 0 Å². The lowest BCUT2D eigenvalue weighted by Gasteiger charge is -2.20. The third-order valence-corrected chi connectivity index (χ3v) is 6.53. The Hall–Kier alpha value is -5.32. The number of pyridine rings is 1. The summed E-state index contributed by atoms with van der Waals surface area (Å²) in [6, 6.07) is 17.9. The zero-order valence-electron chi connectivity index (χ0n) is 24.1. The molecular weight excluding hydrogens is 553 g/mol. The topological polar surface area (TPSA) is 117 Å². The standard InChI is InChI=1S/C32H30FN5O5/c1-32(2,3)43-31(41)24-11-7-6-10-23(24)30(40)42-19-38-18-22(17-35-38)26-14-13-20-15-27(37(4)28(20)36-26)29(39)34-16-21-9-5-8-12-25(21)33/h5-15,17-18H,16,19H2,1-4H3,(H,34,39). The van der Waals surface area contributed by atoms with Crippen LogP contribution < -0.4 is 5.32 Å². The quantitative estimate of drug-likeness (QED) is 0.247. The van der Waals surface area contributed by atoms with E-state index in [4.69, 9.17) is 14.5 Å². The van der Waals surface area contributed by atoms with Gasteiger partial charge < -0.3 is 19.4 Å².